The minimum Gasteiger partial charge on any atom is -0.497 e. The smallest absolute Gasteiger partial charge is 0.182 e. The molecule has 0 spiro atoms. The van der Waals surface area contributed by atoms with Crippen molar-refractivity contribution in [3.63, 3.8) is 0 Å². The van der Waals surface area contributed by atoms with E-state index in [0.29, 0.717) is 4.77 Å². The molecule has 1 aromatic heterocycles. The number of ether oxygens (including phenoxy) is 1. The van der Waals surface area contributed by atoms with Crippen molar-refractivity contribution in [1.82, 2.24) is 9.55 Å². The molecule has 3 aromatic rings. The molecule has 2 aromatic carbocycles. The first-order chi connectivity index (χ1) is 9.60. The van der Waals surface area contributed by atoms with Crippen molar-refractivity contribution in [2.75, 3.05) is 7.11 Å². The van der Waals surface area contributed by atoms with Gasteiger partial charge >= 0.3 is 0 Å². The zero-order chi connectivity index (χ0) is 14.3. The van der Waals surface area contributed by atoms with Crippen molar-refractivity contribution in [2.45, 2.75) is 0 Å². The third-order valence-electron chi connectivity index (χ3n) is 3.04. The Morgan fingerprint density at radius 3 is 2.75 bits per heavy atom. The van der Waals surface area contributed by atoms with E-state index in [2.05, 4.69) is 27.6 Å². The minimum atomic E-state index is -0.258. The lowest BCUT2D eigenvalue weighted by atomic mass is 10.2. The lowest BCUT2D eigenvalue weighted by Crippen LogP contribution is -1.97. The number of nitrogens with one attached hydrogen (secondary N) is 1. The summed E-state index contributed by atoms with van der Waals surface area (Å²) in [5.41, 5.74) is 2.67. The minimum absolute atomic E-state index is 0.258. The van der Waals surface area contributed by atoms with Crippen molar-refractivity contribution in [3.05, 3.63) is 50.6 Å². The number of hydrogen-bond acceptors (Lipinski definition) is 2. The summed E-state index contributed by atoms with van der Waals surface area (Å²) in [6, 6.07) is 10.3. The van der Waals surface area contributed by atoms with Gasteiger partial charge in [0.25, 0.3) is 0 Å². The highest BCUT2D eigenvalue weighted by atomic mass is 127. The van der Waals surface area contributed by atoms with Crippen molar-refractivity contribution < 1.29 is 9.13 Å². The molecule has 0 amide bonds. The maximum Gasteiger partial charge on any atom is 0.182 e. The molecule has 6 heteroatoms. The highest BCUT2D eigenvalue weighted by Crippen LogP contribution is 2.26. The molecule has 3 rings (SSSR count). The molecule has 0 saturated heterocycles. The molecule has 0 aliphatic carbocycles. The first-order valence-electron chi connectivity index (χ1n) is 5.84. The number of halogens is 2. The fraction of sp³-hybridized carbons (Fsp3) is 0.0714. The van der Waals surface area contributed by atoms with Crippen LogP contribution in [0.4, 0.5) is 4.39 Å². The Kier molecular flexibility index (Phi) is 3.51. The quantitative estimate of drug-likeness (QED) is 0.509. The summed E-state index contributed by atoms with van der Waals surface area (Å²) in [7, 11) is 1.62. The maximum absolute atomic E-state index is 13.2. The van der Waals surface area contributed by atoms with Crippen molar-refractivity contribution >= 4 is 45.8 Å². The second-order valence-corrected chi connectivity index (χ2v) is 5.79. The average molecular weight is 400 g/mol. The number of H-pyrrole nitrogens is 1. The highest BCUT2D eigenvalue weighted by Gasteiger charge is 2.10. The Hall–Kier alpha value is -1.41. The summed E-state index contributed by atoms with van der Waals surface area (Å²) < 4.78 is 21.7. The number of imidazole rings is 1. The number of hydrogen-bond donors (Lipinski definition) is 1. The topological polar surface area (TPSA) is 29.9 Å². The van der Waals surface area contributed by atoms with Gasteiger partial charge in [0.2, 0.25) is 0 Å². The molecule has 0 saturated carbocycles. The van der Waals surface area contributed by atoms with E-state index in [9.17, 15) is 4.39 Å². The van der Waals surface area contributed by atoms with Crippen LogP contribution in [0, 0.1) is 14.2 Å². The third kappa shape index (κ3) is 2.22. The van der Waals surface area contributed by atoms with Gasteiger partial charge in [-0.2, -0.15) is 0 Å². The van der Waals surface area contributed by atoms with Crippen LogP contribution < -0.4 is 4.74 Å². The number of benzene rings is 2. The predicted molar refractivity (Wildman–Crippen MR) is 87.7 cm³/mol. The molecule has 102 valence electrons. The van der Waals surface area contributed by atoms with E-state index in [1.54, 1.807) is 13.2 Å². The number of aromatic amines is 1. The van der Waals surface area contributed by atoms with Crippen LogP contribution in [0.3, 0.4) is 0 Å². The molecule has 0 unspecified atom stereocenters. The third-order valence-corrected chi connectivity index (χ3v) is 4.19. The molecule has 0 radical (unpaired) electrons. The van der Waals surface area contributed by atoms with Crippen LogP contribution >= 0.6 is 34.8 Å². The Bertz CT molecular complexity index is 856. The van der Waals surface area contributed by atoms with Gasteiger partial charge in [-0.25, -0.2) is 4.39 Å². The van der Waals surface area contributed by atoms with Gasteiger partial charge in [-0.15, -0.1) is 0 Å². The van der Waals surface area contributed by atoms with Crippen LogP contribution in [0.1, 0.15) is 0 Å². The molecule has 0 bridgehead atoms. The van der Waals surface area contributed by atoms with E-state index >= 15 is 0 Å². The van der Waals surface area contributed by atoms with Gasteiger partial charge in [0.05, 0.1) is 23.8 Å². The second kappa shape index (κ2) is 5.17. The molecule has 0 atom stereocenters. The Morgan fingerprint density at radius 1 is 1.25 bits per heavy atom. The average Bonchev–Trinajstić information content (AvgIpc) is 2.74. The van der Waals surface area contributed by atoms with E-state index in [1.807, 2.05) is 22.8 Å². The standard InChI is InChI=1S/C14H10FIN2OS/c1-19-9-3-5-13-11(7-9)17-14(20)18(13)12-4-2-8(15)6-10(12)16/h2-7H,1H3,(H,17,20). The summed E-state index contributed by atoms with van der Waals surface area (Å²) in [5.74, 6) is 0.501. The zero-order valence-corrected chi connectivity index (χ0v) is 13.5. The summed E-state index contributed by atoms with van der Waals surface area (Å²) >= 11 is 7.48. The van der Waals surface area contributed by atoms with E-state index in [4.69, 9.17) is 17.0 Å². The van der Waals surface area contributed by atoms with Crippen molar-refractivity contribution in [2.24, 2.45) is 0 Å². The fourth-order valence-corrected chi connectivity index (χ4v) is 3.14. The van der Waals surface area contributed by atoms with Crippen LogP contribution in [0.5, 0.6) is 5.75 Å². The summed E-state index contributed by atoms with van der Waals surface area (Å²) in [6.45, 7) is 0. The monoisotopic (exact) mass is 400 g/mol. The number of methoxy groups -OCH3 is 1. The van der Waals surface area contributed by atoms with Crippen LogP contribution in [0.25, 0.3) is 16.7 Å². The normalized spacial score (nSPS) is 10.9. The molecule has 0 aliphatic rings. The van der Waals surface area contributed by atoms with Gasteiger partial charge in [-0.05, 0) is 65.1 Å². The summed E-state index contributed by atoms with van der Waals surface area (Å²) in [6.07, 6.45) is 0. The summed E-state index contributed by atoms with van der Waals surface area (Å²) in [4.78, 5) is 3.14. The fourth-order valence-electron chi connectivity index (χ4n) is 2.12. The number of nitrogens with zero attached hydrogens (tertiary/aromatic N) is 1. The van der Waals surface area contributed by atoms with Gasteiger partial charge < -0.3 is 9.72 Å². The molecule has 3 nitrogen and oxygen atoms in total. The Morgan fingerprint density at radius 2 is 2.05 bits per heavy atom. The maximum atomic E-state index is 13.2. The number of rotatable bonds is 2. The zero-order valence-electron chi connectivity index (χ0n) is 10.5. The first-order valence-corrected chi connectivity index (χ1v) is 7.33. The van der Waals surface area contributed by atoms with Gasteiger partial charge in [-0.3, -0.25) is 4.57 Å². The molecular weight excluding hydrogens is 390 g/mol. The van der Waals surface area contributed by atoms with Gasteiger partial charge in [0.15, 0.2) is 4.77 Å². The van der Waals surface area contributed by atoms with E-state index in [-0.39, 0.29) is 5.82 Å². The molecule has 0 fully saturated rings. The van der Waals surface area contributed by atoms with E-state index in [0.717, 1.165) is 26.0 Å². The molecule has 1 N–H and O–H groups in total. The second-order valence-electron chi connectivity index (χ2n) is 4.24. The van der Waals surface area contributed by atoms with Crippen LogP contribution in [0.15, 0.2) is 36.4 Å². The van der Waals surface area contributed by atoms with Gasteiger partial charge in [0.1, 0.15) is 11.6 Å². The van der Waals surface area contributed by atoms with Crippen molar-refractivity contribution in [1.29, 1.82) is 0 Å². The highest BCUT2D eigenvalue weighted by molar-refractivity contribution is 14.1. The van der Waals surface area contributed by atoms with Crippen LogP contribution in [-0.4, -0.2) is 16.7 Å². The molecular formula is C14H10FIN2OS. The molecule has 0 aliphatic heterocycles. The SMILES string of the molecule is COc1ccc2c(c1)[nH]c(=S)n2-c1ccc(F)cc1I. The Balaban J connectivity index is 2.31. The molecule has 1 heterocycles. The van der Waals surface area contributed by atoms with Crippen LogP contribution in [-0.2, 0) is 0 Å². The van der Waals surface area contributed by atoms with E-state index < -0.39 is 0 Å². The predicted octanol–water partition coefficient (Wildman–Crippen LogP) is 4.44. The van der Waals surface area contributed by atoms with Gasteiger partial charge in [0, 0.05) is 9.64 Å². The number of fused-ring (bicyclic) bond motifs is 1. The summed E-state index contributed by atoms with van der Waals surface area (Å²) in [5, 5.41) is 0. The lowest BCUT2D eigenvalue weighted by molar-refractivity contribution is 0.415. The first kappa shape index (κ1) is 13.6. The van der Waals surface area contributed by atoms with Gasteiger partial charge in [-0.1, -0.05) is 0 Å². The Labute approximate surface area is 133 Å². The molecule has 20 heavy (non-hydrogen) atoms. The van der Waals surface area contributed by atoms with E-state index in [1.165, 1.54) is 12.1 Å². The largest absolute Gasteiger partial charge is 0.497 e. The van der Waals surface area contributed by atoms with Crippen LogP contribution in [0.2, 0.25) is 0 Å². The van der Waals surface area contributed by atoms with Crippen molar-refractivity contribution in [3.8, 4) is 11.4 Å². The lowest BCUT2D eigenvalue weighted by Gasteiger charge is -2.07. The number of aromatic nitrogens is 2.